The molecule has 1 amide bonds. The largest absolute Gasteiger partial charge is 0.465 e. The molecule has 1 aromatic rings. The molecule has 0 unspecified atom stereocenters. The summed E-state index contributed by atoms with van der Waals surface area (Å²) < 4.78 is 4.59. The Bertz CT molecular complexity index is 544. The molecule has 0 saturated carbocycles. The zero-order valence-electron chi connectivity index (χ0n) is 10.8. The average molecular weight is 261 g/mol. The number of methoxy groups -OCH3 is 1. The van der Waals surface area contributed by atoms with Crippen LogP contribution in [0.15, 0.2) is 12.3 Å². The van der Waals surface area contributed by atoms with E-state index in [1.165, 1.54) is 26.3 Å². The van der Waals surface area contributed by atoms with E-state index in [-0.39, 0.29) is 17.3 Å². The van der Waals surface area contributed by atoms with Crippen LogP contribution in [0.5, 0.6) is 0 Å². The Kier molecular flexibility index (Phi) is 5.35. The Balaban J connectivity index is 2.72. The summed E-state index contributed by atoms with van der Waals surface area (Å²) in [5.41, 5.74) is 6.33. The molecule has 0 aliphatic heterocycles. The molecule has 0 spiro atoms. The minimum atomic E-state index is -0.549. The van der Waals surface area contributed by atoms with Crippen molar-refractivity contribution in [2.75, 3.05) is 19.4 Å². The van der Waals surface area contributed by atoms with Gasteiger partial charge in [-0.1, -0.05) is 11.8 Å². The second-order valence-corrected chi connectivity index (χ2v) is 3.68. The number of hydrogen-bond donors (Lipinski definition) is 2. The molecule has 0 bridgehead atoms. The minimum absolute atomic E-state index is 0.0936. The number of nitrogens with one attached hydrogen (secondary N) is 1. The second-order valence-electron chi connectivity index (χ2n) is 3.68. The number of ether oxygens (including phenoxy) is 1. The number of esters is 1. The summed E-state index contributed by atoms with van der Waals surface area (Å²) in [5, 5.41) is 2.63. The van der Waals surface area contributed by atoms with Gasteiger partial charge in [0.1, 0.15) is 11.4 Å². The molecule has 6 heteroatoms. The highest BCUT2D eigenvalue weighted by molar-refractivity contribution is 5.94. The van der Waals surface area contributed by atoms with Gasteiger partial charge in [-0.2, -0.15) is 0 Å². The maximum atomic E-state index is 11.4. The third-order valence-electron chi connectivity index (χ3n) is 2.18. The molecule has 0 saturated heterocycles. The van der Waals surface area contributed by atoms with Gasteiger partial charge >= 0.3 is 5.97 Å². The number of nitrogen functional groups attached to an aromatic ring is 1. The summed E-state index contributed by atoms with van der Waals surface area (Å²) in [4.78, 5) is 25.9. The highest BCUT2D eigenvalue weighted by Crippen LogP contribution is 2.11. The zero-order chi connectivity index (χ0) is 14.3. The standard InChI is InChI=1S/C13H15N3O3/c1-9(17)15-6-4-3-5-10-7-11(13(18)19-2)12(14)16-8-10/h7-8H,4,6H2,1-2H3,(H2,14,16)(H,15,17). The van der Waals surface area contributed by atoms with Crippen molar-refractivity contribution in [2.24, 2.45) is 0 Å². The van der Waals surface area contributed by atoms with E-state index in [9.17, 15) is 9.59 Å². The van der Waals surface area contributed by atoms with Gasteiger partial charge in [-0.05, 0) is 6.07 Å². The quantitative estimate of drug-likeness (QED) is 0.464. The maximum absolute atomic E-state index is 11.4. The highest BCUT2D eigenvalue weighted by atomic mass is 16.5. The third-order valence-corrected chi connectivity index (χ3v) is 2.18. The summed E-state index contributed by atoms with van der Waals surface area (Å²) in [5.74, 6) is 5.17. The molecule has 0 atom stereocenters. The number of aromatic nitrogens is 1. The number of amides is 1. The van der Waals surface area contributed by atoms with Crippen LogP contribution in [-0.4, -0.2) is 30.5 Å². The fourth-order valence-corrected chi connectivity index (χ4v) is 1.28. The first-order valence-corrected chi connectivity index (χ1v) is 5.61. The maximum Gasteiger partial charge on any atom is 0.341 e. The van der Waals surface area contributed by atoms with Gasteiger partial charge in [0.15, 0.2) is 0 Å². The van der Waals surface area contributed by atoms with E-state index >= 15 is 0 Å². The molecule has 0 fully saturated rings. The second kappa shape index (κ2) is 7.01. The van der Waals surface area contributed by atoms with Crippen LogP contribution in [-0.2, 0) is 9.53 Å². The molecule has 3 N–H and O–H groups in total. The van der Waals surface area contributed by atoms with Gasteiger partial charge in [0.2, 0.25) is 5.91 Å². The Morgan fingerprint density at radius 2 is 2.26 bits per heavy atom. The molecule has 100 valence electrons. The van der Waals surface area contributed by atoms with Gasteiger partial charge in [-0.25, -0.2) is 9.78 Å². The summed E-state index contributed by atoms with van der Waals surface area (Å²) in [7, 11) is 1.27. The summed E-state index contributed by atoms with van der Waals surface area (Å²) >= 11 is 0. The molecule has 6 nitrogen and oxygen atoms in total. The van der Waals surface area contributed by atoms with Crippen molar-refractivity contribution in [1.82, 2.24) is 10.3 Å². The summed E-state index contributed by atoms with van der Waals surface area (Å²) in [6.07, 6.45) is 1.99. The molecule has 1 aromatic heterocycles. The molecule has 0 radical (unpaired) electrons. The van der Waals surface area contributed by atoms with Crippen LogP contribution in [0, 0.1) is 11.8 Å². The first-order chi connectivity index (χ1) is 9.04. The number of hydrogen-bond acceptors (Lipinski definition) is 5. The molecule has 19 heavy (non-hydrogen) atoms. The molecular weight excluding hydrogens is 246 g/mol. The van der Waals surface area contributed by atoms with Gasteiger partial charge in [0.05, 0.1) is 7.11 Å². The van der Waals surface area contributed by atoms with E-state index in [4.69, 9.17) is 5.73 Å². The van der Waals surface area contributed by atoms with Crippen LogP contribution in [0.25, 0.3) is 0 Å². The van der Waals surface area contributed by atoms with Crippen LogP contribution >= 0.6 is 0 Å². The van der Waals surface area contributed by atoms with Crippen LogP contribution in [0.2, 0.25) is 0 Å². The molecule has 1 rings (SSSR count). The fraction of sp³-hybridized carbons (Fsp3) is 0.308. The number of nitrogens with zero attached hydrogens (tertiary/aromatic N) is 1. The van der Waals surface area contributed by atoms with Crippen LogP contribution < -0.4 is 11.1 Å². The van der Waals surface area contributed by atoms with E-state index in [0.717, 1.165) is 0 Å². The van der Waals surface area contributed by atoms with E-state index < -0.39 is 5.97 Å². The third kappa shape index (κ3) is 4.68. The van der Waals surface area contributed by atoms with Gasteiger partial charge in [0.25, 0.3) is 0 Å². The van der Waals surface area contributed by atoms with Gasteiger partial charge in [-0.15, -0.1) is 0 Å². The highest BCUT2D eigenvalue weighted by Gasteiger charge is 2.11. The van der Waals surface area contributed by atoms with E-state index in [2.05, 4.69) is 26.9 Å². The van der Waals surface area contributed by atoms with Crippen molar-refractivity contribution in [3.63, 3.8) is 0 Å². The lowest BCUT2D eigenvalue weighted by Crippen LogP contribution is -2.20. The predicted octanol–water partition coefficient (Wildman–Crippen LogP) is 0.328. The number of carbonyl (C=O) groups excluding carboxylic acids is 2. The lowest BCUT2D eigenvalue weighted by Gasteiger charge is -2.02. The number of nitrogens with two attached hydrogens (primary N) is 1. The zero-order valence-corrected chi connectivity index (χ0v) is 10.8. The van der Waals surface area contributed by atoms with Crippen molar-refractivity contribution in [3.05, 3.63) is 23.4 Å². The smallest absolute Gasteiger partial charge is 0.341 e. The topological polar surface area (TPSA) is 94.3 Å². The molecule has 1 heterocycles. The van der Waals surface area contributed by atoms with E-state index in [1.807, 2.05) is 0 Å². The van der Waals surface area contributed by atoms with Crippen molar-refractivity contribution >= 4 is 17.7 Å². The van der Waals surface area contributed by atoms with Crippen molar-refractivity contribution < 1.29 is 14.3 Å². The normalized spacial score (nSPS) is 9.16. The van der Waals surface area contributed by atoms with E-state index in [1.54, 1.807) is 0 Å². The first kappa shape index (κ1) is 14.5. The van der Waals surface area contributed by atoms with E-state index in [0.29, 0.717) is 18.5 Å². The minimum Gasteiger partial charge on any atom is -0.465 e. The van der Waals surface area contributed by atoms with Crippen molar-refractivity contribution in [1.29, 1.82) is 0 Å². The Labute approximate surface area is 111 Å². The predicted molar refractivity (Wildman–Crippen MR) is 70.2 cm³/mol. The first-order valence-electron chi connectivity index (χ1n) is 5.61. The van der Waals surface area contributed by atoms with Gasteiger partial charge in [0, 0.05) is 31.6 Å². The summed E-state index contributed by atoms with van der Waals surface area (Å²) in [6.45, 7) is 1.93. The molecule has 0 aliphatic carbocycles. The fourth-order valence-electron chi connectivity index (χ4n) is 1.28. The number of anilines is 1. The molecule has 0 aliphatic rings. The van der Waals surface area contributed by atoms with Gasteiger partial charge in [-0.3, -0.25) is 4.79 Å². The monoisotopic (exact) mass is 261 g/mol. The number of pyridine rings is 1. The Morgan fingerprint density at radius 3 is 2.89 bits per heavy atom. The van der Waals surface area contributed by atoms with Crippen LogP contribution in [0.1, 0.15) is 29.3 Å². The van der Waals surface area contributed by atoms with Crippen molar-refractivity contribution in [2.45, 2.75) is 13.3 Å². The lowest BCUT2D eigenvalue weighted by atomic mass is 10.2. The Morgan fingerprint density at radius 1 is 1.53 bits per heavy atom. The average Bonchev–Trinajstić information content (AvgIpc) is 2.39. The Hall–Kier alpha value is -2.55. The van der Waals surface area contributed by atoms with Gasteiger partial charge < -0.3 is 15.8 Å². The van der Waals surface area contributed by atoms with Crippen LogP contribution in [0.3, 0.4) is 0 Å². The molecular formula is C13H15N3O3. The lowest BCUT2D eigenvalue weighted by molar-refractivity contribution is -0.118. The number of rotatable bonds is 3. The SMILES string of the molecule is COC(=O)c1cc(C#CCCNC(C)=O)cnc1N. The van der Waals surface area contributed by atoms with Crippen molar-refractivity contribution in [3.8, 4) is 11.8 Å². The summed E-state index contributed by atoms with van der Waals surface area (Å²) in [6, 6.07) is 1.53. The molecule has 0 aromatic carbocycles. The van der Waals surface area contributed by atoms with Crippen LogP contribution in [0.4, 0.5) is 5.82 Å². The number of carbonyl (C=O) groups is 2.